The summed E-state index contributed by atoms with van der Waals surface area (Å²) in [6.45, 7) is 8.82. The molecule has 1 heterocycles. The highest BCUT2D eigenvalue weighted by Crippen LogP contribution is 2.17. The molecule has 0 unspecified atom stereocenters. The number of hydrogen-bond acceptors (Lipinski definition) is 3. The van der Waals surface area contributed by atoms with Crippen LogP contribution >= 0.6 is 0 Å². The number of hydrogen-bond donors (Lipinski definition) is 1. The Balaban J connectivity index is 2.55. The number of rotatable bonds is 8. The van der Waals surface area contributed by atoms with Gasteiger partial charge < -0.3 is 10.1 Å². The van der Waals surface area contributed by atoms with Crippen molar-refractivity contribution in [1.29, 1.82) is 0 Å². The molecule has 0 bridgehead atoms. The molecule has 0 amide bonds. The zero-order valence-corrected chi connectivity index (χ0v) is 11.3. The lowest BCUT2D eigenvalue weighted by Crippen LogP contribution is -2.14. The lowest BCUT2D eigenvalue weighted by atomic mass is 10.2. The van der Waals surface area contributed by atoms with Crippen molar-refractivity contribution < 1.29 is 4.74 Å². The first kappa shape index (κ1) is 14.0. The quantitative estimate of drug-likeness (QED) is 0.704. The topological polar surface area (TPSA) is 34.1 Å². The molecule has 0 aromatic carbocycles. The van der Waals surface area contributed by atoms with Gasteiger partial charge in [-0.05, 0) is 32.0 Å². The van der Waals surface area contributed by atoms with Crippen LogP contribution in [-0.4, -0.2) is 18.1 Å². The van der Waals surface area contributed by atoms with E-state index in [4.69, 9.17) is 4.74 Å². The van der Waals surface area contributed by atoms with Crippen molar-refractivity contribution in [2.45, 2.75) is 46.6 Å². The molecule has 3 nitrogen and oxygen atoms in total. The molecule has 0 fully saturated rings. The lowest BCUT2D eigenvalue weighted by molar-refractivity contribution is 0.300. The Bertz CT molecular complexity index is 326. The van der Waals surface area contributed by atoms with Crippen LogP contribution in [0.3, 0.4) is 0 Å². The largest absolute Gasteiger partial charge is 0.492 e. The molecular formula is C14H24N2O. The Labute approximate surface area is 105 Å². The minimum atomic E-state index is 0.779. The summed E-state index contributed by atoms with van der Waals surface area (Å²) in [7, 11) is 0. The maximum Gasteiger partial charge on any atom is 0.142 e. The molecule has 1 aromatic rings. The molecule has 17 heavy (non-hydrogen) atoms. The Morgan fingerprint density at radius 2 is 2.06 bits per heavy atom. The van der Waals surface area contributed by atoms with Gasteiger partial charge in [0, 0.05) is 12.2 Å². The number of aryl methyl sites for hydroxylation is 1. The molecule has 0 spiro atoms. The predicted octanol–water partition coefficient (Wildman–Crippen LogP) is 3.07. The van der Waals surface area contributed by atoms with E-state index >= 15 is 0 Å². The highest BCUT2D eigenvalue weighted by molar-refractivity contribution is 5.29. The Morgan fingerprint density at radius 3 is 2.76 bits per heavy atom. The molecule has 0 aliphatic carbocycles. The van der Waals surface area contributed by atoms with Crippen LogP contribution in [0.5, 0.6) is 5.75 Å². The number of ether oxygens (including phenoxy) is 1. The third-order valence-corrected chi connectivity index (χ3v) is 2.62. The van der Waals surface area contributed by atoms with E-state index in [1.807, 2.05) is 19.1 Å². The maximum atomic E-state index is 5.79. The van der Waals surface area contributed by atoms with E-state index in [-0.39, 0.29) is 0 Å². The predicted molar refractivity (Wildman–Crippen MR) is 71.4 cm³/mol. The van der Waals surface area contributed by atoms with E-state index in [1.165, 1.54) is 12.8 Å². The molecule has 0 atom stereocenters. The SMILES string of the molecule is CCCCCOc1ccc(C)nc1CNCC. The van der Waals surface area contributed by atoms with Gasteiger partial charge in [-0.15, -0.1) is 0 Å². The monoisotopic (exact) mass is 236 g/mol. The fourth-order valence-corrected chi connectivity index (χ4v) is 1.63. The molecule has 0 aliphatic rings. The van der Waals surface area contributed by atoms with Crippen molar-refractivity contribution in [1.82, 2.24) is 10.3 Å². The van der Waals surface area contributed by atoms with Gasteiger partial charge in [0.2, 0.25) is 0 Å². The molecule has 0 saturated heterocycles. The van der Waals surface area contributed by atoms with E-state index in [0.717, 1.165) is 43.3 Å². The molecule has 0 saturated carbocycles. The van der Waals surface area contributed by atoms with Gasteiger partial charge in [-0.2, -0.15) is 0 Å². The number of pyridine rings is 1. The van der Waals surface area contributed by atoms with Crippen LogP contribution in [0.4, 0.5) is 0 Å². The van der Waals surface area contributed by atoms with E-state index in [2.05, 4.69) is 24.1 Å². The second kappa shape index (κ2) is 8.07. The van der Waals surface area contributed by atoms with Crippen molar-refractivity contribution in [3.05, 3.63) is 23.5 Å². The Kier molecular flexibility index (Phi) is 6.63. The van der Waals surface area contributed by atoms with E-state index in [9.17, 15) is 0 Å². The highest BCUT2D eigenvalue weighted by atomic mass is 16.5. The average molecular weight is 236 g/mol. The minimum Gasteiger partial charge on any atom is -0.492 e. The van der Waals surface area contributed by atoms with Crippen molar-refractivity contribution in [3.8, 4) is 5.75 Å². The first-order chi connectivity index (χ1) is 8.27. The molecule has 1 aromatic heterocycles. The maximum absolute atomic E-state index is 5.79. The van der Waals surface area contributed by atoms with Gasteiger partial charge in [-0.1, -0.05) is 26.7 Å². The van der Waals surface area contributed by atoms with Gasteiger partial charge in [0.15, 0.2) is 0 Å². The first-order valence-electron chi connectivity index (χ1n) is 6.58. The van der Waals surface area contributed by atoms with Gasteiger partial charge in [-0.3, -0.25) is 4.98 Å². The third kappa shape index (κ3) is 5.18. The number of nitrogens with zero attached hydrogens (tertiary/aromatic N) is 1. The van der Waals surface area contributed by atoms with Gasteiger partial charge >= 0.3 is 0 Å². The molecule has 0 radical (unpaired) electrons. The molecule has 3 heteroatoms. The summed E-state index contributed by atoms with van der Waals surface area (Å²) in [5.41, 5.74) is 2.06. The third-order valence-electron chi connectivity index (χ3n) is 2.62. The van der Waals surface area contributed by atoms with Gasteiger partial charge in [0.05, 0.1) is 12.3 Å². The van der Waals surface area contributed by atoms with Gasteiger partial charge in [0.25, 0.3) is 0 Å². The van der Waals surface area contributed by atoms with Crippen molar-refractivity contribution in [2.24, 2.45) is 0 Å². The molecule has 0 aliphatic heterocycles. The standard InChI is InChI=1S/C14H24N2O/c1-4-6-7-10-17-14-9-8-12(3)16-13(14)11-15-5-2/h8-9,15H,4-7,10-11H2,1-3H3. The number of unbranched alkanes of at least 4 members (excludes halogenated alkanes) is 2. The summed E-state index contributed by atoms with van der Waals surface area (Å²) >= 11 is 0. The second-order valence-electron chi connectivity index (χ2n) is 4.23. The van der Waals surface area contributed by atoms with Crippen molar-refractivity contribution >= 4 is 0 Å². The van der Waals surface area contributed by atoms with Crippen molar-refractivity contribution in [2.75, 3.05) is 13.2 Å². The van der Waals surface area contributed by atoms with Crippen LogP contribution in [-0.2, 0) is 6.54 Å². The average Bonchev–Trinajstić information content (AvgIpc) is 2.34. The van der Waals surface area contributed by atoms with Gasteiger partial charge in [0.1, 0.15) is 5.75 Å². The van der Waals surface area contributed by atoms with Crippen LogP contribution in [0.1, 0.15) is 44.5 Å². The van der Waals surface area contributed by atoms with Gasteiger partial charge in [-0.25, -0.2) is 0 Å². The zero-order chi connectivity index (χ0) is 12.5. The zero-order valence-electron chi connectivity index (χ0n) is 11.3. The molecular weight excluding hydrogens is 212 g/mol. The summed E-state index contributed by atoms with van der Waals surface area (Å²) in [6, 6.07) is 4.03. The summed E-state index contributed by atoms with van der Waals surface area (Å²) in [5, 5.41) is 3.29. The van der Waals surface area contributed by atoms with Crippen molar-refractivity contribution in [3.63, 3.8) is 0 Å². The fourth-order valence-electron chi connectivity index (χ4n) is 1.63. The lowest BCUT2D eigenvalue weighted by Gasteiger charge is -2.11. The van der Waals surface area contributed by atoms with Crippen LogP contribution in [0.15, 0.2) is 12.1 Å². The summed E-state index contributed by atoms with van der Waals surface area (Å²) in [6.07, 6.45) is 3.56. The smallest absolute Gasteiger partial charge is 0.142 e. The number of nitrogens with one attached hydrogen (secondary N) is 1. The van der Waals surface area contributed by atoms with Crippen LogP contribution in [0, 0.1) is 6.92 Å². The summed E-state index contributed by atoms with van der Waals surface area (Å²) in [4.78, 5) is 4.52. The summed E-state index contributed by atoms with van der Waals surface area (Å²) in [5.74, 6) is 0.924. The normalized spacial score (nSPS) is 10.5. The second-order valence-corrected chi connectivity index (χ2v) is 4.23. The Hall–Kier alpha value is -1.09. The van der Waals surface area contributed by atoms with Crippen LogP contribution in [0.2, 0.25) is 0 Å². The molecule has 1 N–H and O–H groups in total. The molecule has 1 rings (SSSR count). The highest BCUT2D eigenvalue weighted by Gasteiger charge is 2.05. The van der Waals surface area contributed by atoms with E-state index < -0.39 is 0 Å². The molecule has 96 valence electrons. The van der Waals surface area contributed by atoms with Crippen LogP contribution in [0.25, 0.3) is 0 Å². The minimum absolute atomic E-state index is 0.779. The fraction of sp³-hybridized carbons (Fsp3) is 0.643. The number of aromatic nitrogens is 1. The first-order valence-corrected chi connectivity index (χ1v) is 6.58. The summed E-state index contributed by atoms with van der Waals surface area (Å²) < 4.78 is 5.79. The van der Waals surface area contributed by atoms with E-state index in [1.54, 1.807) is 0 Å². The van der Waals surface area contributed by atoms with E-state index in [0.29, 0.717) is 0 Å². The Morgan fingerprint density at radius 1 is 1.24 bits per heavy atom. The van der Waals surface area contributed by atoms with Crippen LogP contribution < -0.4 is 10.1 Å².